The van der Waals surface area contributed by atoms with Gasteiger partial charge in [0.2, 0.25) is 0 Å². The first-order valence-electron chi connectivity index (χ1n) is 3.53. The number of ether oxygens (including phenoxy) is 1. The lowest BCUT2D eigenvalue weighted by molar-refractivity contribution is -0.143. The third kappa shape index (κ3) is 5.53. The molecule has 0 aromatic rings. The maximum atomic E-state index is 10.5. The Kier molecular flexibility index (Phi) is 6.00. The predicted molar refractivity (Wildman–Crippen MR) is 49.3 cm³/mol. The van der Waals surface area contributed by atoms with Gasteiger partial charge in [-0.2, -0.15) is 0 Å². The lowest BCUT2D eigenvalue weighted by Gasteiger charge is -2.15. The summed E-state index contributed by atoms with van der Waals surface area (Å²) in [6, 6.07) is 0. The maximum absolute atomic E-state index is 10.5. The van der Waals surface area contributed by atoms with Crippen LogP contribution in [0.1, 0.15) is 26.7 Å². The highest BCUT2D eigenvalue weighted by atomic mass is 35.7. The van der Waals surface area contributed by atoms with E-state index in [2.05, 4.69) is 0 Å². The molecule has 0 fully saturated rings. The molecule has 0 aliphatic heterocycles. The van der Waals surface area contributed by atoms with Gasteiger partial charge in [0, 0.05) is 6.92 Å². The topological polar surface area (TPSA) is 26.3 Å². The molecular weight excluding hydrogens is 203 g/mol. The minimum absolute atomic E-state index is 0.221. The molecule has 0 saturated heterocycles. The molecule has 0 aliphatic rings. The Hall–Kier alpha value is 0.267. The predicted octanol–water partition coefficient (Wildman–Crippen LogP) is 1.96. The summed E-state index contributed by atoms with van der Waals surface area (Å²) in [6.07, 6.45) is 1.70. The molecule has 0 radical (unpaired) electrons. The van der Waals surface area contributed by atoms with Gasteiger partial charge in [-0.1, -0.05) is 13.3 Å². The van der Waals surface area contributed by atoms with Gasteiger partial charge in [0.1, 0.15) is 5.73 Å². The first-order chi connectivity index (χ1) is 5.07. The molecule has 0 heterocycles. The van der Waals surface area contributed by atoms with Crippen LogP contribution >= 0.6 is 22.2 Å². The van der Waals surface area contributed by atoms with Gasteiger partial charge in [-0.25, -0.2) is 0 Å². The van der Waals surface area contributed by atoms with Crippen LogP contribution in [0.2, 0.25) is 0 Å². The molecule has 0 bridgehead atoms. The molecule has 5 heteroatoms. The number of hydrogen-bond acceptors (Lipinski definition) is 2. The minimum Gasteiger partial charge on any atom is -0.464 e. The van der Waals surface area contributed by atoms with Gasteiger partial charge in [-0.3, -0.25) is 4.79 Å². The summed E-state index contributed by atoms with van der Waals surface area (Å²) < 4.78 is 4.91. The van der Waals surface area contributed by atoms with Crippen LogP contribution in [0.5, 0.6) is 0 Å². The number of esters is 1. The molecular formula is C6H12Cl2O2Si. The molecule has 0 aromatic heterocycles. The van der Waals surface area contributed by atoms with Gasteiger partial charge >= 0.3 is 5.97 Å². The van der Waals surface area contributed by atoms with Crippen molar-refractivity contribution in [3.63, 3.8) is 0 Å². The average Bonchev–Trinajstić information content (AvgIpc) is 1.86. The quantitative estimate of drug-likeness (QED) is 0.407. The average molecular weight is 215 g/mol. The molecule has 0 rings (SSSR count). The van der Waals surface area contributed by atoms with Crippen LogP contribution in [0.25, 0.3) is 0 Å². The van der Waals surface area contributed by atoms with Gasteiger partial charge in [0.25, 0.3) is 7.42 Å². The van der Waals surface area contributed by atoms with Crippen molar-refractivity contribution in [2.24, 2.45) is 0 Å². The Bertz CT molecular complexity index is 130. The van der Waals surface area contributed by atoms with Crippen LogP contribution in [0.15, 0.2) is 0 Å². The van der Waals surface area contributed by atoms with Gasteiger partial charge in [-0.05, 0) is 6.42 Å². The molecule has 0 amide bonds. The van der Waals surface area contributed by atoms with Crippen molar-refractivity contribution in [2.45, 2.75) is 32.4 Å². The number of rotatable bonds is 4. The molecule has 0 spiro atoms. The highest BCUT2D eigenvalue weighted by Gasteiger charge is 2.20. The molecule has 11 heavy (non-hydrogen) atoms. The number of halogens is 2. The fourth-order valence-corrected chi connectivity index (χ4v) is 2.68. The maximum Gasteiger partial charge on any atom is 0.302 e. The Morgan fingerprint density at radius 2 is 2.18 bits per heavy atom. The lowest BCUT2D eigenvalue weighted by atomic mass is 10.3. The third-order valence-electron chi connectivity index (χ3n) is 1.17. The fraction of sp³-hybridized carbons (Fsp3) is 0.833. The Balaban J connectivity index is 3.79. The lowest BCUT2D eigenvalue weighted by Crippen LogP contribution is -2.26. The van der Waals surface area contributed by atoms with Crippen molar-refractivity contribution in [2.75, 3.05) is 0 Å². The molecule has 66 valence electrons. The molecule has 0 aromatic carbocycles. The van der Waals surface area contributed by atoms with Gasteiger partial charge in [-0.15, -0.1) is 22.2 Å². The van der Waals surface area contributed by atoms with Crippen molar-refractivity contribution in [3.8, 4) is 0 Å². The van der Waals surface area contributed by atoms with Crippen molar-refractivity contribution < 1.29 is 9.53 Å². The van der Waals surface area contributed by atoms with Crippen LogP contribution < -0.4 is 0 Å². The molecule has 2 nitrogen and oxygen atoms in total. The van der Waals surface area contributed by atoms with Crippen LogP contribution in [0.3, 0.4) is 0 Å². The van der Waals surface area contributed by atoms with E-state index in [0.29, 0.717) is 0 Å². The smallest absolute Gasteiger partial charge is 0.302 e. The van der Waals surface area contributed by atoms with E-state index in [0.717, 1.165) is 12.8 Å². The number of carbonyl (C=O) groups is 1. The second-order valence-electron chi connectivity index (χ2n) is 2.27. The molecule has 0 aliphatic carbocycles. The van der Waals surface area contributed by atoms with E-state index in [9.17, 15) is 4.79 Å². The van der Waals surface area contributed by atoms with Gasteiger partial charge in [0.15, 0.2) is 0 Å². The van der Waals surface area contributed by atoms with Gasteiger partial charge in [0.05, 0.1) is 0 Å². The first-order valence-corrected chi connectivity index (χ1v) is 7.69. The van der Waals surface area contributed by atoms with E-state index >= 15 is 0 Å². The van der Waals surface area contributed by atoms with Crippen LogP contribution in [0, 0.1) is 0 Å². The standard InChI is InChI=1S/C6H12Cl2O2Si/c1-3-4-6(11(7)8)10-5(2)9/h6,11H,3-4H2,1-2H3. The number of carbonyl (C=O) groups excluding carboxylic acids is 1. The summed E-state index contributed by atoms with van der Waals surface area (Å²) in [6.45, 7) is 3.37. The highest BCUT2D eigenvalue weighted by molar-refractivity contribution is 7.34. The second kappa shape index (κ2) is 5.86. The SMILES string of the molecule is CCCC(OC(C)=O)[SiH](Cl)Cl. The van der Waals surface area contributed by atoms with Crippen LogP contribution in [-0.4, -0.2) is 19.1 Å². The zero-order valence-electron chi connectivity index (χ0n) is 6.64. The summed E-state index contributed by atoms with van der Waals surface area (Å²) in [7, 11) is -1.86. The Morgan fingerprint density at radius 1 is 1.64 bits per heavy atom. The van der Waals surface area contributed by atoms with Crippen LogP contribution in [0.4, 0.5) is 0 Å². The van der Waals surface area contributed by atoms with E-state index < -0.39 is 7.42 Å². The van der Waals surface area contributed by atoms with Crippen molar-refractivity contribution in [1.29, 1.82) is 0 Å². The van der Waals surface area contributed by atoms with Crippen molar-refractivity contribution in [1.82, 2.24) is 0 Å². The van der Waals surface area contributed by atoms with E-state index in [-0.39, 0.29) is 11.7 Å². The van der Waals surface area contributed by atoms with E-state index in [1.54, 1.807) is 0 Å². The number of hydrogen-bond donors (Lipinski definition) is 0. The molecule has 0 saturated carbocycles. The summed E-state index contributed by atoms with van der Waals surface area (Å²) in [4.78, 5) is 10.5. The fourth-order valence-electron chi connectivity index (χ4n) is 0.734. The zero-order valence-corrected chi connectivity index (χ0v) is 9.31. The third-order valence-corrected chi connectivity index (χ3v) is 3.89. The molecule has 1 atom stereocenters. The van der Waals surface area contributed by atoms with Gasteiger partial charge < -0.3 is 4.74 Å². The van der Waals surface area contributed by atoms with Crippen molar-refractivity contribution in [3.05, 3.63) is 0 Å². The van der Waals surface area contributed by atoms with E-state index in [1.807, 2.05) is 6.92 Å². The summed E-state index contributed by atoms with van der Waals surface area (Å²) >= 11 is 11.4. The van der Waals surface area contributed by atoms with E-state index in [4.69, 9.17) is 26.9 Å². The summed E-state index contributed by atoms with van der Waals surface area (Å²) in [5.41, 5.74) is -0.221. The summed E-state index contributed by atoms with van der Waals surface area (Å²) in [5.74, 6) is -0.303. The van der Waals surface area contributed by atoms with Crippen LogP contribution in [-0.2, 0) is 9.53 Å². The highest BCUT2D eigenvalue weighted by Crippen LogP contribution is 2.12. The molecule has 0 N–H and O–H groups in total. The monoisotopic (exact) mass is 214 g/mol. The summed E-state index contributed by atoms with van der Waals surface area (Å²) in [5, 5.41) is 0. The van der Waals surface area contributed by atoms with E-state index in [1.165, 1.54) is 6.92 Å². The largest absolute Gasteiger partial charge is 0.464 e. The minimum atomic E-state index is -1.86. The zero-order chi connectivity index (χ0) is 8.85. The first kappa shape index (κ1) is 11.3. The van der Waals surface area contributed by atoms with Crippen molar-refractivity contribution >= 4 is 35.5 Å². The Morgan fingerprint density at radius 3 is 2.45 bits per heavy atom. The normalized spacial score (nSPS) is 13.2. The molecule has 1 unspecified atom stereocenters. The second-order valence-corrected chi connectivity index (χ2v) is 7.17. The Labute approximate surface area is 77.8 Å².